The lowest BCUT2D eigenvalue weighted by Crippen LogP contribution is -2.49. The molecule has 3 amide bonds. The number of hydrogen-bond acceptors (Lipinski definition) is 10. The summed E-state index contributed by atoms with van der Waals surface area (Å²) >= 11 is 0. The second-order valence-electron chi connectivity index (χ2n) is 16.2. The van der Waals surface area contributed by atoms with Crippen LogP contribution in [0, 0.1) is 12.7 Å². The molecule has 3 aliphatic rings. The van der Waals surface area contributed by atoms with Crippen molar-refractivity contribution in [3.05, 3.63) is 127 Å². The van der Waals surface area contributed by atoms with Crippen molar-refractivity contribution in [1.82, 2.24) is 25.5 Å². The summed E-state index contributed by atoms with van der Waals surface area (Å²) in [5.74, 6) is -1.94. The quantitative estimate of drug-likeness (QED) is 0.104. The molecule has 0 bridgehead atoms. The van der Waals surface area contributed by atoms with E-state index in [-0.39, 0.29) is 55.8 Å². The van der Waals surface area contributed by atoms with E-state index in [1.54, 1.807) is 44.2 Å². The van der Waals surface area contributed by atoms with Crippen LogP contribution in [0.25, 0.3) is 22.3 Å². The molecule has 15 heteroatoms. The number of ether oxygens (including phenoxy) is 2. The van der Waals surface area contributed by atoms with Crippen LogP contribution in [0.5, 0.6) is 0 Å². The van der Waals surface area contributed by atoms with Crippen LogP contribution in [-0.4, -0.2) is 57.2 Å². The van der Waals surface area contributed by atoms with Gasteiger partial charge in [-0.25, -0.2) is 19.0 Å². The largest absolute Gasteiger partial charge is 0.458 e. The van der Waals surface area contributed by atoms with Crippen molar-refractivity contribution in [2.45, 2.75) is 96.9 Å². The summed E-state index contributed by atoms with van der Waals surface area (Å²) in [6, 6.07) is 18.4. The maximum absolute atomic E-state index is 15.3. The van der Waals surface area contributed by atoms with Crippen LogP contribution in [0.1, 0.15) is 84.2 Å². The summed E-state index contributed by atoms with van der Waals surface area (Å²) in [5.41, 5.74) is 3.86. The van der Waals surface area contributed by atoms with Crippen LogP contribution >= 0.6 is 0 Å². The number of fused-ring (bicyclic) bond motifs is 5. The van der Waals surface area contributed by atoms with Crippen molar-refractivity contribution in [3.8, 4) is 11.4 Å². The highest BCUT2D eigenvalue weighted by Gasteiger charge is 2.46. The number of halogens is 1. The maximum Gasteiger partial charge on any atom is 0.407 e. The van der Waals surface area contributed by atoms with Crippen LogP contribution in [0.2, 0.25) is 0 Å². The molecule has 2 aromatic heterocycles. The summed E-state index contributed by atoms with van der Waals surface area (Å²) in [5, 5.41) is 23.8. The summed E-state index contributed by atoms with van der Waals surface area (Å²) < 4.78 is 27.7. The zero-order chi connectivity index (χ0) is 43.2. The van der Waals surface area contributed by atoms with Gasteiger partial charge in [0.05, 0.1) is 47.6 Å². The number of esters is 1. The van der Waals surface area contributed by atoms with Gasteiger partial charge in [0.2, 0.25) is 11.8 Å². The van der Waals surface area contributed by atoms with E-state index in [0.29, 0.717) is 69.5 Å². The van der Waals surface area contributed by atoms with Crippen LogP contribution in [0.15, 0.2) is 71.5 Å². The van der Waals surface area contributed by atoms with Crippen LogP contribution in [0.4, 0.5) is 14.9 Å². The van der Waals surface area contributed by atoms with Gasteiger partial charge in [-0.2, -0.15) is 0 Å². The molecular formula is C46H47FN6O8. The van der Waals surface area contributed by atoms with Gasteiger partial charge >= 0.3 is 12.1 Å². The molecule has 316 valence electrons. The van der Waals surface area contributed by atoms with Gasteiger partial charge in [-0.1, -0.05) is 63.2 Å². The predicted molar refractivity (Wildman–Crippen MR) is 224 cm³/mol. The van der Waals surface area contributed by atoms with E-state index in [4.69, 9.17) is 14.5 Å². The van der Waals surface area contributed by atoms with Crippen molar-refractivity contribution in [3.63, 3.8) is 0 Å². The average molecular weight is 831 g/mol. The number of amides is 3. The lowest BCUT2D eigenvalue weighted by atomic mass is 9.81. The number of benzene rings is 3. The van der Waals surface area contributed by atoms with Crippen molar-refractivity contribution in [1.29, 1.82) is 0 Å². The van der Waals surface area contributed by atoms with Crippen LogP contribution in [-0.2, 0) is 62.1 Å². The molecule has 1 aliphatic carbocycles. The van der Waals surface area contributed by atoms with Gasteiger partial charge in [0, 0.05) is 34.3 Å². The van der Waals surface area contributed by atoms with E-state index in [2.05, 4.69) is 21.3 Å². The topological polar surface area (TPSA) is 190 Å². The molecule has 0 saturated heterocycles. The van der Waals surface area contributed by atoms with Gasteiger partial charge in [-0.15, -0.1) is 0 Å². The fourth-order valence-corrected chi connectivity index (χ4v) is 8.69. The molecule has 0 saturated carbocycles. The molecule has 5 N–H and O–H groups in total. The van der Waals surface area contributed by atoms with E-state index in [0.717, 1.165) is 11.1 Å². The van der Waals surface area contributed by atoms with Gasteiger partial charge < -0.3 is 40.4 Å². The molecule has 14 nitrogen and oxygen atoms in total. The van der Waals surface area contributed by atoms with E-state index in [1.165, 1.54) is 10.6 Å². The number of aliphatic hydroxyl groups is 1. The first kappa shape index (κ1) is 41.3. The van der Waals surface area contributed by atoms with Crippen molar-refractivity contribution in [2.24, 2.45) is 0 Å². The van der Waals surface area contributed by atoms with Gasteiger partial charge in [-0.05, 0) is 78.6 Å². The Labute approximate surface area is 350 Å². The van der Waals surface area contributed by atoms with Gasteiger partial charge in [-0.3, -0.25) is 14.4 Å². The van der Waals surface area contributed by atoms with E-state index < -0.39 is 47.0 Å². The van der Waals surface area contributed by atoms with Crippen molar-refractivity contribution < 1.29 is 38.1 Å². The first-order valence-corrected chi connectivity index (χ1v) is 20.5. The molecule has 0 spiro atoms. The number of alkyl carbamates (subject to hydrolysis) is 1. The minimum absolute atomic E-state index is 0.0118. The summed E-state index contributed by atoms with van der Waals surface area (Å²) in [6.07, 6.45) is 0.660. The third kappa shape index (κ3) is 7.86. The summed E-state index contributed by atoms with van der Waals surface area (Å²) in [7, 11) is 0. The lowest BCUT2D eigenvalue weighted by molar-refractivity contribution is -0.172. The van der Waals surface area contributed by atoms with Gasteiger partial charge in [0.1, 0.15) is 19.0 Å². The highest BCUT2D eigenvalue weighted by atomic mass is 19.1. The number of carbonyl (C=O) groups excluding carboxylic acids is 4. The normalized spacial score (nSPS) is 17.8. The van der Waals surface area contributed by atoms with Crippen molar-refractivity contribution >= 4 is 40.5 Å². The highest BCUT2D eigenvalue weighted by molar-refractivity contribution is 5.96. The molecule has 2 aliphatic heterocycles. The monoisotopic (exact) mass is 830 g/mol. The Kier molecular flexibility index (Phi) is 11.2. The zero-order valence-corrected chi connectivity index (χ0v) is 34.3. The number of nitrogens with one attached hydrogen (secondary N) is 4. The van der Waals surface area contributed by atoms with Gasteiger partial charge in [0.25, 0.3) is 5.56 Å². The van der Waals surface area contributed by atoms with E-state index in [9.17, 15) is 29.1 Å². The molecule has 0 fully saturated rings. The number of aryl methyl sites for hydroxylation is 1. The Bertz CT molecular complexity index is 2650. The highest BCUT2D eigenvalue weighted by Crippen LogP contribution is 2.46. The third-order valence-corrected chi connectivity index (χ3v) is 11.8. The molecule has 61 heavy (non-hydrogen) atoms. The number of carbonyl (C=O) groups is 4. The molecular weight excluding hydrogens is 784 g/mol. The third-order valence-electron chi connectivity index (χ3n) is 11.8. The summed E-state index contributed by atoms with van der Waals surface area (Å²) in [4.78, 5) is 70.7. The number of pyridine rings is 2. The SMILES string of the molecule is CC[C@@]1(O)C(=O)OCc2c1cc1n(c2=O)Cc2c-1nc1cc(F)c(C)c3c1c2[C@@H](NC(=O)OCc1ccc(NC(=O)CNC(=O)[C@H](Cc2ccccc2)NC(C)C)cc1)CC3. The first-order chi connectivity index (χ1) is 29.2. The van der Waals surface area contributed by atoms with Crippen molar-refractivity contribution in [2.75, 3.05) is 11.9 Å². The molecule has 0 unspecified atom stereocenters. The Morgan fingerprint density at radius 2 is 1.79 bits per heavy atom. The smallest absolute Gasteiger partial charge is 0.407 e. The molecule has 5 aromatic rings. The van der Waals surface area contributed by atoms with E-state index in [1.807, 2.05) is 44.2 Å². The first-order valence-electron chi connectivity index (χ1n) is 20.5. The second kappa shape index (κ2) is 16.5. The van der Waals surface area contributed by atoms with Crippen LogP contribution < -0.4 is 26.8 Å². The Hall–Kier alpha value is -6.45. The number of hydrogen-bond donors (Lipinski definition) is 5. The number of cyclic esters (lactones) is 1. The number of anilines is 1. The minimum atomic E-state index is -2.01. The Morgan fingerprint density at radius 3 is 2.51 bits per heavy atom. The standard InChI is InChI=1S/C46H47FN6O8/c1-5-46(59)32-18-37-41-30(21-53(37)43(56)31(32)23-60-44(46)57)40-34(16-15-29-25(4)33(47)19-35(51-41)39(29)40)52-45(58)61-22-27-11-13-28(14-12-27)50-38(54)20-48-42(55)36(49-24(2)3)17-26-9-7-6-8-10-26/h6-14,18-19,24,34,36,49,59H,5,15-17,20-23H2,1-4H3,(H,48,55)(H,50,54)(H,52,58)/t34-,36-,46-/m0/s1. The minimum Gasteiger partial charge on any atom is -0.458 e. The fourth-order valence-electron chi connectivity index (χ4n) is 8.69. The summed E-state index contributed by atoms with van der Waals surface area (Å²) in [6.45, 7) is 6.79. The molecule has 4 heterocycles. The predicted octanol–water partition coefficient (Wildman–Crippen LogP) is 5.10. The number of nitrogens with zero attached hydrogens (tertiary/aromatic N) is 2. The average Bonchev–Trinajstić information content (AvgIpc) is 3.62. The maximum atomic E-state index is 15.3. The van der Waals surface area contributed by atoms with E-state index >= 15 is 4.39 Å². The van der Waals surface area contributed by atoms with Crippen LogP contribution in [0.3, 0.4) is 0 Å². The Morgan fingerprint density at radius 1 is 1.03 bits per heavy atom. The number of aromatic nitrogens is 2. The zero-order valence-electron chi connectivity index (χ0n) is 34.3. The molecule has 0 radical (unpaired) electrons. The van der Waals surface area contributed by atoms with Gasteiger partial charge in [0.15, 0.2) is 5.60 Å². The lowest BCUT2D eigenvalue weighted by Gasteiger charge is -2.31. The molecule has 3 aromatic carbocycles. The number of rotatable bonds is 12. The molecule has 3 atom stereocenters. The fraction of sp³-hybridized carbons (Fsp3) is 0.348. The second-order valence-corrected chi connectivity index (χ2v) is 16.2. The Balaban J connectivity index is 0.944. The molecule has 8 rings (SSSR count).